The summed E-state index contributed by atoms with van der Waals surface area (Å²) in [5.41, 5.74) is 5.44. The molecule has 0 unspecified atom stereocenters. The minimum Gasteiger partial charge on any atom is -0.267 e. The number of hydrogen-bond donors (Lipinski definition) is 2. The molecule has 0 aliphatic rings. The Morgan fingerprint density at radius 2 is 1.65 bits per heavy atom. The van der Waals surface area contributed by atoms with Crippen LogP contribution < -0.4 is 10.9 Å². The summed E-state index contributed by atoms with van der Waals surface area (Å²) in [4.78, 5) is 28.1. The van der Waals surface area contributed by atoms with Crippen LogP contribution in [0.15, 0.2) is 60.7 Å². The normalized spacial score (nSPS) is 10.3. The number of hydrogen-bond acceptors (Lipinski definition) is 3. The standard InChI is InChI=1S/C17H12FN3O2/c18-13-6-3-5-12(10-13)16(22)20-21-17(23)15-9-8-11-4-1-2-7-14(11)19-15/h1-10H,(H,20,22)(H,21,23). The van der Waals surface area contributed by atoms with Crippen molar-refractivity contribution in [2.24, 2.45) is 0 Å². The molecule has 0 atom stereocenters. The van der Waals surface area contributed by atoms with Crippen molar-refractivity contribution in [3.63, 3.8) is 0 Å². The second kappa shape index (κ2) is 6.23. The fourth-order valence-electron chi connectivity index (χ4n) is 2.07. The number of pyridine rings is 1. The first-order valence-corrected chi connectivity index (χ1v) is 6.85. The molecule has 0 saturated heterocycles. The van der Waals surface area contributed by atoms with Gasteiger partial charge in [0, 0.05) is 10.9 Å². The van der Waals surface area contributed by atoms with Gasteiger partial charge in [-0.15, -0.1) is 0 Å². The summed E-state index contributed by atoms with van der Waals surface area (Å²) in [5, 5.41) is 0.910. The predicted octanol–water partition coefficient (Wildman–Crippen LogP) is 2.45. The van der Waals surface area contributed by atoms with Crippen LogP contribution in [0, 0.1) is 5.82 Å². The molecule has 3 rings (SSSR count). The molecule has 23 heavy (non-hydrogen) atoms. The number of aromatic nitrogens is 1. The highest BCUT2D eigenvalue weighted by Gasteiger charge is 2.11. The number of hydrazine groups is 1. The number of amides is 2. The largest absolute Gasteiger partial charge is 0.288 e. The van der Waals surface area contributed by atoms with Crippen LogP contribution in [0.25, 0.3) is 10.9 Å². The van der Waals surface area contributed by atoms with Gasteiger partial charge in [-0.3, -0.25) is 20.4 Å². The third kappa shape index (κ3) is 3.32. The molecule has 114 valence electrons. The van der Waals surface area contributed by atoms with E-state index in [0.29, 0.717) is 5.52 Å². The molecule has 0 aliphatic heterocycles. The fourth-order valence-corrected chi connectivity index (χ4v) is 2.07. The van der Waals surface area contributed by atoms with Gasteiger partial charge in [0.15, 0.2) is 0 Å². The van der Waals surface area contributed by atoms with E-state index >= 15 is 0 Å². The van der Waals surface area contributed by atoms with Crippen LogP contribution in [0.1, 0.15) is 20.8 Å². The van der Waals surface area contributed by atoms with Crippen molar-refractivity contribution in [2.45, 2.75) is 0 Å². The Balaban J connectivity index is 1.69. The Kier molecular flexibility index (Phi) is 3.97. The van der Waals surface area contributed by atoms with E-state index in [2.05, 4.69) is 15.8 Å². The topological polar surface area (TPSA) is 71.1 Å². The zero-order chi connectivity index (χ0) is 16.2. The van der Waals surface area contributed by atoms with Crippen LogP contribution in [0.5, 0.6) is 0 Å². The first-order valence-electron chi connectivity index (χ1n) is 6.85. The van der Waals surface area contributed by atoms with Gasteiger partial charge in [0.05, 0.1) is 5.52 Å². The molecular formula is C17H12FN3O2. The molecule has 5 nitrogen and oxygen atoms in total. The summed E-state index contributed by atoms with van der Waals surface area (Å²) < 4.78 is 13.1. The number of benzene rings is 2. The van der Waals surface area contributed by atoms with E-state index in [9.17, 15) is 14.0 Å². The van der Waals surface area contributed by atoms with E-state index in [1.54, 1.807) is 18.2 Å². The first-order chi connectivity index (χ1) is 11.1. The summed E-state index contributed by atoms with van der Waals surface area (Å²) in [5.74, 6) is -1.70. The second-order valence-electron chi connectivity index (χ2n) is 4.81. The van der Waals surface area contributed by atoms with Gasteiger partial charge < -0.3 is 0 Å². The van der Waals surface area contributed by atoms with Crippen LogP contribution in [0.2, 0.25) is 0 Å². The van der Waals surface area contributed by atoms with Crippen molar-refractivity contribution >= 4 is 22.7 Å². The molecule has 0 aliphatic carbocycles. The maximum atomic E-state index is 13.1. The summed E-state index contributed by atoms with van der Waals surface area (Å²) >= 11 is 0. The molecule has 2 N–H and O–H groups in total. The molecule has 6 heteroatoms. The van der Waals surface area contributed by atoms with Gasteiger partial charge in [-0.05, 0) is 30.3 Å². The van der Waals surface area contributed by atoms with Crippen molar-refractivity contribution in [3.8, 4) is 0 Å². The molecule has 2 aromatic carbocycles. The average Bonchev–Trinajstić information content (AvgIpc) is 2.59. The number of halogens is 1. The molecule has 0 fully saturated rings. The van der Waals surface area contributed by atoms with Gasteiger partial charge in [0.1, 0.15) is 11.5 Å². The van der Waals surface area contributed by atoms with Crippen LogP contribution in [0.3, 0.4) is 0 Å². The minimum absolute atomic E-state index is 0.108. The highest BCUT2D eigenvalue weighted by molar-refractivity contribution is 5.99. The van der Waals surface area contributed by atoms with Gasteiger partial charge in [-0.2, -0.15) is 0 Å². The number of rotatable bonds is 2. The van der Waals surface area contributed by atoms with Gasteiger partial charge in [0.25, 0.3) is 11.8 Å². The summed E-state index contributed by atoms with van der Waals surface area (Å²) in [6.45, 7) is 0. The van der Waals surface area contributed by atoms with Crippen molar-refractivity contribution in [2.75, 3.05) is 0 Å². The number of carbonyl (C=O) groups excluding carboxylic acids is 2. The lowest BCUT2D eigenvalue weighted by atomic mass is 10.2. The molecule has 0 spiro atoms. The third-order valence-corrected chi connectivity index (χ3v) is 3.21. The lowest BCUT2D eigenvalue weighted by Crippen LogP contribution is -2.41. The number of fused-ring (bicyclic) bond motifs is 1. The lowest BCUT2D eigenvalue weighted by molar-refractivity contribution is 0.0844. The number of carbonyl (C=O) groups is 2. The molecule has 0 saturated carbocycles. The van der Waals surface area contributed by atoms with Crippen molar-refractivity contribution < 1.29 is 14.0 Å². The summed E-state index contributed by atoms with van der Waals surface area (Å²) in [7, 11) is 0. The molecule has 2 amide bonds. The number of nitrogens with zero attached hydrogens (tertiary/aromatic N) is 1. The quantitative estimate of drug-likeness (QED) is 0.714. The van der Waals surface area contributed by atoms with Crippen molar-refractivity contribution in [1.29, 1.82) is 0 Å². The van der Waals surface area contributed by atoms with Gasteiger partial charge in [-0.25, -0.2) is 9.37 Å². The van der Waals surface area contributed by atoms with Gasteiger partial charge in [0.2, 0.25) is 0 Å². The Labute approximate surface area is 131 Å². The van der Waals surface area contributed by atoms with Crippen molar-refractivity contribution in [1.82, 2.24) is 15.8 Å². The van der Waals surface area contributed by atoms with Crippen LogP contribution >= 0.6 is 0 Å². The highest BCUT2D eigenvalue weighted by Crippen LogP contribution is 2.11. The third-order valence-electron chi connectivity index (χ3n) is 3.21. The molecule has 0 radical (unpaired) electrons. The van der Waals surface area contributed by atoms with Gasteiger partial charge in [-0.1, -0.05) is 30.3 Å². The Bertz CT molecular complexity index is 896. The maximum Gasteiger partial charge on any atom is 0.288 e. The van der Waals surface area contributed by atoms with Crippen LogP contribution in [-0.4, -0.2) is 16.8 Å². The molecule has 0 bridgehead atoms. The Morgan fingerprint density at radius 1 is 0.870 bits per heavy atom. The Hall–Kier alpha value is -3.28. The zero-order valence-corrected chi connectivity index (χ0v) is 11.9. The van der Waals surface area contributed by atoms with E-state index in [1.165, 1.54) is 18.2 Å². The minimum atomic E-state index is -0.612. The van der Waals surface area contributed by atoms with E-state index in [-0.39, 0.29) is 11.3 Å². The number of nitrogens with one attached hydrogen (secondary N) is 2. The monoisotopic (exact) mass is 309 g/mol. The zero-order valence-electron chi connectivity index (χ0n) is 11.9. The molecular weight excluding hydrogens is 297 g/mol. The average molecular weight is 309 g/mol. The molecule has 1 heterocycles. The number of para-hydroxylation sites is 1. The van der Waals surface area contributed by atoms with E-state index in [1.807, 2.05) is 18.2 Å². The smallest absolute Gasteiger partial charge is 0.267 e. The summed E-state index contributed by atoms with van der Waals surface area (Å²) in [6, 6.07) is 15.9. The first kappa shape index (κ1) is 14.6. The maximum absolute atomic E-state index is 13.1. The lowest BCUT2D eigenvalue weighted by Gasteiger charge is -2.07. The van der Waals surface area contributed by atoms with E-state index in [0.717, 1.165) is 11.5 Å². The summed E-state index contributed by atoms with van der Waals surface area (Å²) in [6.07, 6.45) is 0. The van der Waals surface area contributed by atoms with Crippen LogP contribution in [0.4, 0.5) is 4.39 Å². The van der Waals surface area contributed by atoms with Gasteiger partial charge >= 0.3 is 0 Å². The fraction of sp³-hybridized carbons (Fsp3) is 0. The van der Waals surface area contributed by atoms with Crippen LogP contribution in [-0.2, 0) is 0 Å². The van der Waals surface area contributed by atoms with E-state index in [4.69, 9.17) is 0 Å². The highest BCUT2D eigenvalue weighted by atomic mass is 19.1. The van der Waals surface area contributed by atoms with E-state index < -0.39 is 17.6 Å². The molecule has 3 aromatic rings. The Morgan fingerprint density at radius 3 is 2.48 bits per heavy atom. The predicted molar refractivity (Wildman–Crippen MR) is 83.1 cm³/mol. The SMILES string of the molecule is O=C(NNC(=O)c1ccc2ccccc2n1)c1cccc(F)c1. The second-order valence-corrected chi connectivity index (χ2v) is 4.81. The van der Waals surface area contributed by atoms with Crippen molar-refractivity contribution in [3.05, 3.63) is 77.7 Å². The molecule has 1 aromatic heterocycles.